The van der Waals surface area contributed by atoms with Gasteiger partial charge >= 0.3 is 0 Å². The van der Waals surface area contributed by atoms with Crippen molar-refractivity contribution in [1.29, 1.82) is 0 Å². The summed E-state index contributed by atoms with van der Waals surface area (Å²) in [5.74, 6) is 0. The number of hydrogen-bond acceptors (Lipinski definition) is 3. The maximum Gasteiger partial charge on any atom is 0.0508 e. The van der Waals surface area contributed by atoms with Crippen molar-refractivity contribution in [2.45, 2.75) is 19.4 Å². The average molecular weight is 334 g/mol. The van der Waals surface area contributed by atoms with E-state index in [2.05, 4.69) is 57.1 Å². The molecule has 1 aromatic heterocycles. The van der Waals surface area contributed by atoms with Crippen LogP contribution in [0.1, 0.15) is 24.2 Å². The van der Waals surface area contributed by atoms with Gasteiger partial charge in [-0.15, -0.1) is 0 Å². The van der Waals surface area contributed by atoms with E-state index < -0.39 is 0 Å². The van der Waals surface area contributed by atoms with Crippen LogP contribution in [0.5, 0.6) is 0 Å². The number of halogens is 1. The first kappa shape index (κ1) is 15.0. The molecule has 20 heavy (non-hydrogen) atoms. The van der Waals surface area contributed by atoms with E-state index in [-0.39, 0.29) is 6.04 Å². The molecular weight excluding hydrogens is 314 g/mol. The lowest BCUT2D eigenvalue weighted by molar-refractivity contribution is 0.814. The molecular formula is C16H20BrN3. The van der Waals surface area contributed by atoms with Crippen LogP contribution in [-0.4, -0.2) is 18.6 Å². The van der Waals surface area contributed by atoms with E-state index in [1.165, 1.54) is 5.69 Å². The van der Waals surface area contributed by atoms with Crippen LogP contribution in [-0.2, 0) is 6.42 Å². The van der Waals surface area contributed by atoms with Gasteiger partial charge in [-0.3, -0.25) is 4.98 Å². The van der Waals surface area contributed by atoms with Crippen LogP contribution in [0.4, 0.5) is 5.69 Å². The van der Waals surface area contributed by atoms with Crippen LogP contribution in [0, 0.1) is 0 Å². The maximum atomic E-state index is 5.90. The predicted octanol–water partition coefficient (Wildman–Crippen LogP) is 3.54. The fourth-order valence-corrected chi connectivity index (χ4v) is 2.76. The molecule has 2 rings (SSSR count). The van der Waals surface area contributed by atoms with Gasteiger partial charge in [-0.1, -0.05) is 12.1 Å². The highest BCUT2D eigenvalue weighted by Crippen LogP contribution is 2.28. The van der Waals surface area contributed by atoms with Gasteiger partial charge in [0, 0.05) is 42.4 Å². The Kier molecular flexibility index (Phi) is 5.15. The van der Waals surface area contributed by atoms with Crippen molar-refractivity contribution < 1.29 is 0 Å². The summed E-state index contributed by atoms with van der Waals surface area (Å²) in [5, 5.41) is 0. The number of aromatic nitrogens is 1. The van der Waals surface area contributed by atoms with Crippen LogP contribution in [0.25, 0.3) is 0 Å². The SMILES string of the molecule is C[C@H](N)c1ccc(N(C)CCc2ccccn2)c(Br)c1. The number of pyridine rings is 1. The Morgan fingerprint density at radius 3 is 2.70 bits per heavy atom. The average Bonchev–Trinajstić information content (AvgIpc) is 2.45. The zero-order valence-electron chi connectivity index (χ0n) is 11.9. The summed E-state index contributed by atoms with van der Waals surface area (Å²) < 4.78 is 1.08. The molecule has 1 aromatic carbocycles. The molecule has 4 heteroatoms. The third-order valence-electron chi connectivity index (χ3n) is 3.34. The van der Waals surface area contributed by atoms with Gasteiger partial charge in [0.25, 0.3) is 0 Å². The number of benzene rings is 1. The van der Waals surface area contributed by atoms with E-state index in [0.29, 0.717) is 0 Å². The molecule has 0 aliphatic rings. The molecule has 0 spiro atoms. The van der Waals surface area contributed by atoms with Crippen molar-refractivity contribution in [3.8, 4) is 0 Å². The lowest BCUT2D eigenvalue weighted by atomic mass is 10.1. The van der Waals surface area contributed by atoms with Gasteiger partial charge in [0.05, 0.1) is 5.69 Å². The lowest BCUT2D eigenvalue weighted by Gasteiger charge is -2.21. The fourth-order valence-electron chi connectivity index (χ4n) is 2.06. The quantitative estimate of drug-likeness (QED) is 0.909. The van der Waals surface area contributed by atoms with E-state index in [1.54, 1.807) is 0 Å². The first-order chi connectivity index (χ1) is 9.58. The first-order valence-corrected chi connectivity index (χ1v) is 7.53. The Bertz CT molecular complexity index is 555. The summed E-state index contributed by atoms with van der Waals surface area (Å²) >= 11 is 3.63. The van der Waals surface area contributed by atoms with Crippen molar-refractivity contribution >= 4 is 21.6 Å². The second-order valence-corrected chi connectivity index (χ2v) is 5.85. The molecule has 3 nitrogen and oxygen atoms in total. The Morgan fingerprint density at radius 2 is 2.10 bits per heavy atom. The number of likely N-dealkylation sites (N-methyl/N-ethyl adjacent to an activating group) is 1. The van der Waals surface area contributed by atoms with E-state index >= 15 is 0 Å². The second kappa shape index (κ2) is 6.86. The van der Waals surface area contributed by atoms with Gasteiger partial charge in [-0.05, 0) is 52.7 Å². The van der Waals surface area contributed by atoms with Crippen molar-refractivity contribution in [1.82, 2.24) is 4.98 Å². The van der Waals surface area contributed by atoms with Crippen LogP contribution < -0.4 is 10.6 Å². The molecule has 106 valence electrons. The maximum absolute atomic E-state index is 5.90. The minimum Gasteiger partial charge on any atom is -0.373 e. The first-order valence-electron chi connectivity index (χ1n) is 6.74. The summed E-state index contributed by atoms with van der Waals surface area (Å²) in [7, 11) is 2.09. The summed E-state index contributed by atoms with van der Waals surface area (Å²) in [6, 6.07) is 12.4. The van der Waals surface area contributed by atoms with Crippen LogP contribution in [0.3, 0.4) is 0 Å². The molecule has 1 atom stereocenters. The van der Waals surface area contributed by atoms with E-state index in [1.807, 2.05) is 25.3 Å². The fraction of sp³-hybridized carbons (Fsp3) is 0.312. The largest absolute Gasteiger partial charge is 0.373 e. The Hall–Kier alpha value is -1.39. The van der Waals surface area contributed by atoms with Gasteiger partial charge in [-0.2, -0.15) is 0 Å². The summed E-state index contributed by atoms with van der Waals surface area (Å²) in [6.45, 7) is 2.92. The number of rotatable bonds is 5. The van der Waals surface area contributed by atoms with Gasteiger partial charge < -0.3 is 10.6 Å². The van der Waals surface area contributed by atoms with Gasteiger partial charge in [-0.25, -0.2) is 0 Å². The highest BCUT2D eigenvalue weighted by Gasteiger charge is 2.08. The zero-order chi connectivity index (χ0) is 14.5. The van der Waals surface area contributed by atoms with Gasteiger partial charge in [0.1, 0.15) is 0 Å². The topological polar surface area (TPSA) is 42.1 Å². The number of anilines is 1. The van der Waals surface area contributed by atoms with Crippen molar-refractivity contribution in [2.24, 2.45) is 5.73 Å². The molecule has 0 radical (unpaired) electrons. The molecule has 0 saturated carbocycles. The number of nitrogens with two attached hydrogens (primary N) is 1. The molecule has 0 amide bonds. The predicted molar refractivity (Wildman–Crippen MR) is 88.0 cm³/mol. The number of nitrogens with zero attached hydrogens (tertiary/aromatic N) is 2. The molecule has 1 heterocycles. The third kappa shape index (κ3) is 3.81. The molecule has 0 bridgehead atoms. The smallest absolute Gasteiger partial charge is 0.0508 e. The van der Waals surface area contributed by atoms with E-state index in [0.717, 1.165) is 28.7 Å². The Balaban J connectivity index is 2.04. The second-order valence-electron chi connectivity index (χ2n) is 4.99. The highest BCUT2D eigenvalue weighted by atomic mass is 79.9. The van der Waals surface area contributed by atoms with Crippen molar-refractivity contribution in [3.05, 3.63) is 58.3 Å². The number of hydrogen-bond donors (Lipinski definition) is 1. The van der Waals surface area contributed by atoms with Gasteiger partial charge in [0.15, 0.2) is 0 Å². The lowest BCUT2D eigenvalue weighted by Crippen LogP contribution is -2.21. The molecule has 0 aliphatic heterocycles. The van der Waals surface area contributed by atoms with Crippen LogP contribution in [0.15, 0.2) is 47.1 Å². The minimum absolute atomic E-state index is 0.0548. The third-order valence-corrected chi connectivity index (χ3v) is 3.97. The minimum atomic E-state index is 0.0548. The summed E-state index contributed by atoms with van der Waals surface area (Å²) in [4.78, 5) is 6.58. The normalized spacial score (nSPS) is 12.2. The zero-order valence-corrected chi connectivity index (χ0v) is 13.5. The van der Waals surface area contributed by atoms with Crippen molar-refractivity contribution in [3.63, 3.8) is 0 Å². The Morgan fingerprint density at radius 1 is 1.30 bits per heavy atom. The summed E-state index contributed by atoms with van der Waals surface area (Å²) in [5.41, 5.74) is 9.32. The Labute approximate surface area is 129 Å². The summed E-state index contributed by atoms with van der Waals surface area (Å²) in [6.07, 6.45) is 2.77. The monoisotopic (exact) mass is 333 g/mol. The van der Waals surface area contributed by atoms with E-state index in [9.17, 15) is 0 Å². The van der Waals surface area contributed by atoms with Gasteiger partial charge in [0.2, 0.25) is 0 Å². The highest BCUT2D eigenvalue weighted by molar-refractivity contribution is 9.10. The molecule has 0 aliphatic carbocycles. The van der Waals surface area contributed by atoms with E-state index in [4.69, 9.17) is 5.73 Å². The molecule has 2 N–H and O–H groups in total. The molecule has 0 saturated heterocycles. The molecule has 0 fully saturated rings. The van der Waals surface area contributed by atoms with Crippen molar-refractivity contribution in [2.75, 3.05) is 18.5 Å². The standard InChI is InChI=1S/C16H20BrN3/c1-12(18)13-6-7-16(15(17)11-13)20(2)10-8-14-5-3-4-9-19-14/h3-7,9,11-12H,8,10,18H2,1-2H3/t12-/m0/s1. The van der Waals surface area contributed by atoms with Crippen LogP contribution in [0.2, 0.25) is 0 Å². The molecule has 0 unspecified atom stereocenters. The molecule has 2 aromatic rings. The van der Waals surface area contributed by atoms with Crippen LogP contribution >= 0.6 is 15.9 Å².